The number of thiophene rings is 1. The van der Waals surface area contributed by atoms with Crippen LogP contribution in [0.4, 0.5) is 21.6 Å². The predicted octanol–water partition coefficient (Wildman–Crippen LogP) is 4.48. The SMILES string of the molecule is O=S(=O)(Nc1ccc(Nc2ccccc2F)nc1)c1ccc(Cl)s1. The summed E-state index contributed by atoms with van der Waals surface area (Å²) in [6, 6.07) is 12.2. The van der Waals surface area contributed by atoms with E-state index in [-0.39, 0.29) is 9.90 Å². The summed E-state index contributed by atoms with van der Waals surface area (Å²) in [5, 5.41) is 2.82. The van der Waals surface area contributed by atoms with Crippen molar-refractivity contribution in [1.82, 2.24) is 4.98 Å². The molecule has 0 aliphatic rings. The van der Waals surface area contributed by atoms with Crippen molar-refractivity contribution >= 4 is 50.2 Å². The van der Waals surface area contributed by atoms with Crippen molar-refractivity contribution in [3.8, 4) is 0 Å². The topological polar surface area (TPSA) is 71.1 Å². The fourth-order valence-corrected chi connectivity index (χ4v) is 4.40. The second-order valence-corrected chi connectivity index (χ2v) is 8.33. The van der Waals surface area contributed by atoms with Gasteiger partial charge in [0.15, 0.2) is 0 Å². The molecule has 0 radical (unpaired) electrons. The van der Waals surface area contributed by atoms with E-state index in [4.69, 9.17) is 11.6 Å². The Hall–Kier alpha value is -2.16. The summed E-state index contributed by atoms with van der Waals surface area (Å²) in [7, 11) is -3.71. The fraction of sp³-hybridized carbons (Fsp3) is 0. The van der Waals surface area contributed by atoms with Gasteiger partial charge in [0.1, 0.15) is 15.8 Å². The summed E-state index contributed by atoms with van der Waals surface area (Å²) in [5.41, 5.74) is 0.574. The maximum Gasteiger partial charge on any atom is 0.271 e. The summed E-state index contributed by atoms with van der Waals surface area (Å²) in [6.45, 7) is 0. The molecule has 0 atom stereocenters. The molecule has 2 N–H and O–H groups in total. The molecule has 0 unspecified atom stereocenters. The van der Waals surface area contributed by atoms with Gasteiger partial charge in [-0.15, -0.1) is 11.3 Å². The van der Waals surface area contributed by atoms with Gasteiger partial charge in [-0.1, -0.05) is 23.7 Å². The van der Waals surface area contributed by atoms with Gasteiger partial charge in [-0.3, -0.25) is 4.72 Å². The van der Waals surface area contributed by atoms with Crippen molar-refractivity contribution in [2.75, 3.05) is 10.0 Å². The number of aromatic nitrogens is 1. The first-order chi connectivity index (χ1) is 11.4. The molecular formula is C15H11ClFN3O2S2. The largest absolute Gasteiger partial charge is 0.338 e. The molecule has 124 valence electrons. The number of rotatable bonds is 5. The monoisotopic (exact) mass is 383 g/mol. The van der Waals surface area contributed by atoms with Crippen molar-refractivity contribution in [2.45, 2.75) is 4.21 Å². The van der Waals surface area contributed by atoms with Crippen molar-refractivity contribution in [3.63, 3.8) is 0 Å². The van der Waals surface area contributed by atoms with Crippen molar-refractivity contribution in [2.24, 2.45) is 0 Å². The molecule has 2 heterocycles. The van der Waals surface area contributed by atoms with E-state index in [0.29, 0.717) is 15.8 Å². The quantitative estimate of drug-likeness (QED) is 0.681. The molecule has 0 aliphatic heterocycles. The van der Waals surface area contributed by atoms with Crippen molar-refractivity contribution in [3.05, 3.63) is 64.9 Å². The highest BCUT2D eigenvalue weighted by Gasteiger charge is 2.16. The van der Waals surface area contributed by atoms with Gasteiger partial charge in [-0.2, -0.15) is 0 Å². The molecule has 5 nitrogen and oxygen atoms in total. The third-order valence-electron chi connectivity index (χ3n) is 2.97. The number of pyridine rings is 1. The molecule has 3 rings (SSSR count). The number of nitrogens with one attached hydrogen (secondary N) is 2. The Labute approximate surface area is 147 Å². The second-order valence-electron chi connectivity index (χ2n) is 4.70. The lowest BCUT2D eigenvalue weighted by atomic mass is 10.3. The van der Waals surface area contributed by atoms with Crippen LogP contribution >= 0.6 is 22.9 Å². The number of para-hydroxylation sites is 1. The zero-order valence-electron chi connectivity index (χ0n) is 12.0. The number of hydrogen-bond acceptors (Lipinski definition) is 5. The lowest BCUT2D eigenvalue weighted by Gasteiger charge is -2.09. The highest BCUT2D eigenvalue weighted by Crippen LogP contribution is 2.27. The van der Waals surface area contributed by atoms with Gasteiger partial charge in [-0.25, -0.2) is 17.8 Å². The Balaban J connectivity index is 1.74. The molecule has 9 heteroatoms. The van der Waals surface area contributed by atoms with Gasteiger partial charge < -0.3 is 5.32 Å². The van der Waals surface area contributed by atoms with Crippen LogP contribution in [0.5, 0.6) is 0 Å². The van der Waals surface area contributed by atoms with E-state index in [1.807, 2.05) is 0 Å². The van der Waals surface area contributed by atoms with Crippen LogP contribution in [0.2, 0.25) is 4.34 Å². The molecule has 24 heavy (non-hydrogen) atoms. The highest BCUT2D eigenvalue weighted by molar-refractivity contribution is 7.94. The lowest BCUT2D eigenvalue weighted by Crippen LogP contribution is -2.11. The first-order valence-corrected chi connectivity index (χ1v) is 9.37. The van der Waals surface area contributed by atoms with Crippen LogP contribution in [-0.4, -0.2) is 13.4 Å². The average molecular weight is 384 g/mol. The van der Waals surface area contributed by atoms with E-state index in [0.717, 1.165) is 11.3 Å². The van der Waals surface area contributed by atoms with Gasteiger partial charge in [-0.05, 0) is 36.4 Å². The standard InChI is InChI=1S/C15H11ClFN3O2S2/c16-13-6-8-15(23-13)24(21,22)20-10-5-7-14(18-9-10)19-12-4-2-1-3-11(12)17/h1-9,20H,(H,18,19). The molecule has 0 amide bonds. The third kappa shape index (κ3) is 3.84. The smallest absolute Gasteiger partial charge is 0.271 e. The van der Waals surface area contributed by atoms with E-state index >= 15 is 0 Å². The molecule has 2 aromatic heterocycles. The molecular weight excluding hydrogens is 373 g/mol. The number of benzene rings is 1. The minimum atomic E-state index is -3.71. The molecule has 0 bridgehead atoms. The third-order valence-corrected chi connectivity index (χ3v) is 6.07. The second kappa shape index (κ2) is 6.76. The zero-order chi connectivity index (χ0) is 17.2. The van der Waals surface area contributed by atoms with Crippen LogP contribution in [0.25, 0.3) is 0 Å². The lowest BCUT2D eigenvalue weighted by molar-refractivity contribution is 0.603. The summed E-state index contributed by atoms with van der Waals surface area (Å²) >= 11 is 6.72. The molecule has 1 aromatic carbocycles. The van der Waals surface area contributed by atoms with E-state index < -0.39 is 15.8 Å². The Kier molecular flexibility index (Phi) is 4.70. The van der Waals surface area contributed by atoms with Crippen LogP contribution in [0, 0.1) is 5.82 Å². The molecule has 0 fully saturated rings. The normalized spacial score (nSPS) is 11.2. The predicted molar refractivity (Wildman–Crippen MR) is 94.1 cm³/mol. The Bertz CT molecular complexity index is 959. The van der Waals surface area contributed by atoms with Crippen LogP contribution in [0.3, 0.4) is 0 Å². The zero-order valence-corrected chi connectivity index (χ0v) is 14.4. The minimum Gasteiger partial charge on any atom is -0.338 e. The van der Waals surface area contributed by atoms with Crippen molar-refractivity contribution in [1.29, 1.82) is 0 Å². The van der Waals surface area contributed by atoms with Crippen LogP contribution in [-0.2, 0) is 10.0 Å². The van der Waals surface area contributed by atoms with E-state index in [2.05, 4.69) is 15.0 Å². The number of halogens is 2. The number of anilines is 3. The van der Waals surface area contributed by atoms with E-state index in [1.54, 1.807) is 24.3 Å². The average Bonchev–Trinajstić information content (AvgIpc) is 2.99. The number of sulfonamides is 1. The van der Waals surface area contributed by atoms with Crippen LogP contribution < -0.4 is 10.0 Å². The summed E-state index contributed by atoms with van der Waals surface area (Å²) < 4.78 is 40.9. The Morgan fingerprint density at radius 1 is 1.08 bits per heavy atom. The van der Waals surface area contributed by atoms with Gasteiger partial charge >= 0.3 is 0 Å². The molecule has 0 spiro atoms. The minimum absolute atomic E-state index is 0.112. The number of nitrogens with zero attached hydrogens (tertiary/aromatic N) is 1. The first-order valence-electron chi connectivity index (χ1n) is 6.70. The number of hydrogen-bond donors (Lipinski definition) is 2. The molecule has 3 aromatic rings. The molecule has 0 aliphatic carbocycles. The van der Waals surface area contributed by atoms with Gasteiger partial charge in [0.25, 0.3) is 10.0 Å². The van der Waals surface area contributed by atoms with Gasteiger partial charge in [0.2, 0.25) is 0 Å². The van der Waals surface area contributed by atoms with Gasteiger partial charge in [0, 0.05) is 0 Å². The summed E-state index contributed by atoms with van der Waals surface area (Å²) in [4.78, 5) is 4.07. The maximum absolute atomic E-state index is 13.6. The fourth-order valence-electron chi connectivity index (χ4n) is 1.88. The molecule has 0 saturated heterocycles. The summed E-state index contributed by atoms with van der Waals surface area (Å²) in [6.07, 6.45) is 1.34. The highest BCUT2D eigenvalue weighted by atomic mass is 35.5. The first kappa shape index (κ1) is 16.7. The Morgan fingerprint density at radius 3 is 2.50 bits per heavy atom. The van der Waals surface area contributed by atoms with Crippen LogP contribution in [0.15, 0.2) is 58.9 Å². The van der Waals surface area contributed by atoms with Gasteiger partial charge in [0.05, 0.1) is 21.9 Å². The summed E-state index contributed by atoms with van der Waals surface area (Å²) in [5.74, 6) is -0.0131. The molecule has 0 saturated carbocycles. The van der Waals surface area contributed by atoms with Crippen LogP contribution in [0.1, 0.15) is 0 Å². The van der Waals surface area contributed by atoms with E-state index in [1.165, 1.54) is 30.5 Å². The Morgan fingerprint density at radius 2 is 1.88 bits per heavy atom. The van der Waals surface area contributed by atoms with Crippen molar-refractivity contribution < 1.29 is 12.8 Å². The maximum atomic E-state index is 13.6. The van der Waals surface area contributed by atoms with E-state index in [9.17, 15) is 12.8 Å².